The van der Waals surface area contributed by atoms with Crippen LogP contribution in [0.2, 0.25) is 0 Å². The molecule has 0 amide bonds. The first-order valence-electron chi connectivity index (χ1n) is 16.8. The number of hydrogen-bond acceptors (Lipinski definition) is 2. The van der Waals surface area contributed by atoms with E-state index in [-0.39, 0.29) is 0 Å². The molecular weight excluding hydrogens is 629 g/mol. The molecule has 10 rings (SSSR count). The molecule has 0 spiro atoms. The van der Waals surface area contributed by atoms with Crippen LogP contribution in [0.25, 0.3) is 66.2 Å². The fraction of sp³-hybridized carbons (Fsp3) is 0. The number of aromatic nitrogens is 3. The van der Waals surface area contributed by atoms with E-state index < -0.39 is 7.14 Å². The maximum Gasteiger partial charge on any atom is 0.171 e. The van der Waals surface area contributed by atoms with Gasteiger partial charge in [0.25, 0.3) is 0 Å². The number of rotatable bonds is 5. The highest BCUT2D eigenvalue weighted by Gasteiger charge is 2.29. The molecule has 0 fully saturated rings. The Morgan fingerprint density at radius 2 is 0.980 bits per heavy atom. The van der Waals surface area contributed by atoms with E-state index in [4.69, 9.17) is 4.98 Å². The Hall–Kier alpha value is -6.22. The first-order chi connectivity index (χ1) is 24.7. The summed E-state index contributed by atoms with van der Waals surface area (Å²) >= 11 is 0. The number of benzene rings is 7. The van der Waals surface area contributed by atoms with Gasteiger partial charge in [0.05, 0.1) is 11.0 Å². The van der Waals surface area contributed by atoms with E-state index in [9.17, 15) is 0 Å². The number of imidazole rings is 1. The smallest absolute Gasteiger partial charge is 0.171 e. The Labute approximate surface area is 288 Å². The predicted molar refractivity (Wildman–Crippen MR) is 209 cm³/mol. The third kappa shape index (κ3) is 4.19. The Bertz CT molecular complexity index is 2890. The molecule has 0 bridgehead atoms. The maximum atomic E-state index is 15.0. The Morgan fingerprint density at radius 3 is 1.66 bits per heavy atom. The van der Waals surface area contributed by atoms with E-state index in [2.05, 4.69) is 118 Å². The van der Waals surface area contributed by atoms with E-state index in [1.54, 1.807) is 0 Å². The lowest BCUT2D eigenvalue weighted by atomic mass is 10.0. The fourth-order valence-corrected chi connectivity index (χ4v) is 10.3. The highest BCUT2D eigenvalue weighted by molar-refractivity contribution is 7.85. The summed E-state index contributed by atoms with van der Waals surface area (Å²) < 4.78 is 19.7. The van der Waals surface area contributed by atoms with Gasteiger partial charge in [-0.2, -0.15) is 0 Å². The van der Waals surface area contributed by atoms with Crippen molar-refractivity contribution in [2.24, 2.45) is 0 Å². The molecule has 0 aliphatic carbocycles. The number of nitrogens with zero attached hydrogens (tertiary/aromatic N) is 3. The Morgan fingerprint density at radius 1 is 0.440 bits per heavy atom. The maximum absolute atomic E-state index is 15.0. The molecule has 0 N–H and O–H groups in total. The molecule has 0 unspecified atom stereocenters. The molecule has 7 aromatic carbocycles. The third-order valence-corrected chi connectivity index (χ3v) is 13.1. The number of pyridine rings is 1. The zero-order valence-electron chi connectivity index (χ0n) is 27.0. The summed E-state index contributed by atoms with van der Waals surface area (Å²) in [6.45, 7) is 0. The van der Waals surface area contributed by atoms with Gasteiger partial charge in [-0.3, -0.25) is 8.97 Å². The van der Waals surface area contributed by atoms with Crippen molar-refractivity contribution < 1.29 is 4.57 Å². The molecule has 5 heteroatoms. The second-order valence-electron chi connectivity index (χ2n) is 12.7. The summed E-state index contributed by atoms with van der Waals surface area (Å²) in [4.78, 5) is 5.38. The quantitative estimate of drug-likeness (QED) is 0.136. The van der Waals surface area contributed by atoms with Gasteiger partial charge in [0.2, 0.25) is 0 Å². The van der Waals surface area contributed by atoms with Crippen LogP contribution in [-0.4, -0.2) is 14.0 Å². The van der Waals surface area contributed by atoms with E-state index >= 15 is 4.57 Å². The van der Waals surface area contributed by atoms with Crippen molar-refractivity contribution in [3.8, 4) is 16.8 Å². The van der Waals surface area contributed by atoms with Crippen molar-refractivity contribution in [3.05, 3.63) is 182 Å². The molecule has 0 radical (unpaired) electrons. The van der Waals surface area contributed by atoms with Crippen LogP contribution in [-0.2, 0) is 4.57 Å². The number of fused-ring (bicyclic) bond motifs is 10. The van der Waals surface area contributed by atoms with Crippen LogP contribution in [0.3, 0.4) is 0 Å². The minimum Gasteiger partial charge on any atom is -0.309 e. The van der Waals surface area contributed by atoms with Gasteiger partial charge in [-0.25, -0.2) is 4.98 Å². The van der Waals surface area contributed by atoms with Gasteiger partial charge < -0.3 is 4.57 Å². The number of para-hydroxylation sites is 2. The molecule has 0 aliphatic heterocycles. The molecule has 0 saturated carbocycles. The fourth-order valence-electron chi connectivity index (χ4n) is 7.65. The van der Waals surface area contributed by atoms with Crippen LogP contribution in [0, 0.1) is 0 Å². The summed E-state index contributed by atoms with van der Waals surface area (Å²) in [5.74, 6) is 0. The van der Waals surface area contributed by atoms with Crippen LogP contribution in [0.1, 0.15) is 0 Å². The summed E-state index contributed by atoms with van der Waals surface area (Å²) in [7, 11) is -3.07. The average molecular weight is 660 g/mol. The molecule has 0 aliphatic rings. The molecule has 3 aromatic heterocycles. The van der Waals surface area contributed by atoms with Gasteiger partial charge in [-0.05, 0) is 40.8 Å². The lowest BCUT2D eigenvalue weighted by molar-refractivity contribution is 0.592. The van der Waals surface area contributed by atoms with Crippen molar-refractivity contribution in [2.45, 2.75) is 0 Å². The highest BCUT2D eigenvalue weighted by atomic mass is 31.2. The SMILES string of the molecule is O=P(c1ccccc1)(c1ccccc1)c1ccc(-c2ccc3c4ccccc4c4nc5c6ccccc6n(-c6ccccc6)c5n4c3c2)cc1. The normalized spacial score (nSPS) is 12.1. The molecule has 0 saturated heterocycles. The third-order valence-electron chi connectivity index (χ3n) is 9.98. The molecule has 3 heterocycles. The molecular formula is C45H30N3OP. The minimum absolute atomic E-state index is 0.816. The monoisotopic (exact) mass is 659 g/mol. The van der Waals surface area contributed by atoms with Crippen LogP contribution in [0.15, 0.2) is 182 Å². The molecule has 50 heavy (non-hydrogen) atoms. The summed E-state index contributed by atoms with van der Waals surface area (Å²) in [6.07, 6.45) is 0. The number of hydrogen-bond donors (Lipinski definition) is 0. The zero-order chi connectivity index (χ0) is 33.2. The van der Waals surface area contributed by atoms with Crippen LogP contribution >= 0.6 is 7.14 Å². The minimum atomic E-state index is -3.07. The van der Waals surface area contributed by atoms with Crippen molar-refractivity contribution in [1.82, 2.24) is 14.0 Å². The van der Waals surface area contributed by atoms with Crippen LogP contribution < -0.4 is 15.9 Å². The predicted octanol–water partition coefficient (Wildman–Crippen LogP) is 10.0. The largest absolute Gasteiger partial charge is 0.309 e. The molecule has 4 nitrogen and oxygen atoms in total. The van der Waals surface area contributed by atoms with Crippen molar-refractivity contribution >= 4 is 72.4 Å². The second kappa shape index (κ2) is 11.2. The van der Waals surface area contributed by atoms with Crippen molar-refractivity contribution in [3.63, 3.8) is 0 Å². The molecule has 10 aromatic rings. The van der Waals surface area contributed by atoms with E-state index in [0.717, 1.165) is 76.7 Å². The Kier molecular flexibility index (Phi) is 6.42. The average Bonchev–Trinajstić information content (AvgIpc) is 3.74. The van der Waals surface area contributed by atoms with Gasteiger partial charge >= 0.3 is 0 Å². The standard InChI is InChI=1S/C45H30N3OP/c49-50(34-16-6-2-7-17-34,35-18-8-3-9-19-35)36-27-24-31(25-28-36)32-26-29-38-37-20-10-11-21-39(37)44-46-43-40-22-12-13-23-41(40)47(33-14-4-1-5-15-33)45(43)48(44)42(38)30-32/h1-30H. The molecule has 236 valence electrons. The van der Waals surface area contributed by atoms with Crippen LogP contribution in [0.5, 0.6) is 0 Å². The van der Waals surface area contributed by atoms with Crippen molar-refractivity contribution in [1.29, 1.82) is 0 Å². The van der Waals surface area contributed by atoms with Gasteiger partial charge in [0.15, 0.2) is 12.8 Å². The van der Waals surface area contributed by atoms with Gasteiger partial charge in [-0.1, -0.05) is 158 Å². The van der Waals surface area contributed by atoms with E-state index in [1.165, 1.54) is 5.39 Å². The van der Waals surface area contributed by atoms with Gasteiger partial charge in [-0.15, -0.1) is 0 Å². The lowest BCUT2D eigenvalue weighted by Gasteiger charge is -2.20. The van der Waals surface area contributed by atoms with Gasteiger partial charge in [0, 0.05) is 37.8 Å². The van der Waals surface area contributed by atoms with E-state index in [1.807, 2.05) is 72.8 Å². The van der Waals surface area contributed by atoms with Crippen molar-refractivity contribution in [2.75, 3.05) is 0 Å². The zero-order valence-corrected chi connectivity index (χ0v) is 27.9. The van der Waals surface area contributed by atoms with E-state index in [0.29, 0.717) is 0 Å². The topological polar surface area (TPSA) is 39.3 Å². The van der Waals surface area contributed by atoms with Gasteiger partial charge in [0.1, 0.15) is 11.2 Å². The molecule has 0 atom stereocenters. The summed E-state index contributed by atoms with van der Waals surface area (Å²) in [5, 5.41) is 7.06. The highest BCUT2D eigenvalue weighted by Crippen LogP contribution is 2.43. The lowest BCUT2D eigenvalue weighted by Crippen LogP contribution is -2.24. The Balaban J connectivity index is 1.23. The first-order valence-corrected chi connectivity index (χ1v) is 18.5. The second-order valence-corrected chi connectivity index (χ2v) is 15.5. The summed E-state index contributed by atoms with van der Waals surface area (Å²) in [6, 6.07) is 62.3. The van der Waals surface area contributed by atoms with Crippen LogP contribution in [0.4, 0.5) is 0 Å². The first kappa shape index (κ1) is 28.8. The summed E-state index contributed by atoms with van der Waals surface area (Å²) in [5.41, 5.74) is 8.41.